The van der Waals surface area contributed by atoms with Gasteiger partial charge in [-0.25, -0.2) is 9.59 Å². The van der Waals surface area contributed by atoms with Crippen molar-refractivity contribution in [3.05, 3.63) is 0 Å². The van der Waals surface area contributed by atoms with Crippen LogP contribution >= 0.6 is 0 Å². The predicted molar refractivity (Wildman–Crippen MR) is 60.7 cm³/mol. The predicted octanol–water partition coefficient (Wildman–Crippen LogP) is 3.28. The summed E-state index contributed by atoms with van der Waals surface area (Å²) in [6.07, 6.45) is -0.0641. The van der Waals surface area contributed by atoms with Crippen molar-refractivity contribution in [2.45, 2.75) is 46.1 Å². The van der Waals surface area contributed by atoms with E-state index in [0.29, 0.717) is 11.8 Å². The summed E-state index contributed by atoms with van der Waals surface area (Å²) >= 11 is 0. The van der Waals surface area contributed by atoms with Gasteiger partial charge in [-0.2, -0.15) is 0 Å². The lowest BCUT2D eigenvalue weighted by atomic mass is 9.75. The Morgan fingerprint density at radius 2 is 1.94 bits per heavy atom. The third-order valence-corrected chi connectivity index (χ3v) is 3.38. The number of carbonyl (C=O) groups is 2. The zero-order valence-electron chi connectivity index (χ0n) is 10.5. The van der Waals surface area contributed by atoms with Crippen molar-refractivity contribution in [2.75, 3.05) is 0 Å². The van der Waals surface area contributed by atoms with Crippen molar-refractivity contribution in [3.8, 4) is 0 Å². The summed E-state index contributed by atoms with van der Waals surface area (Å²) in [6, 6.07) is 0. The Hall–Kier alpha value is -1.26. The first-order valence-corrected chi connectivity index (χ1v) is 6.01. The van der Waals surface area contributed by atoms with Crippen LogP contribution in [0, 0.1) is 17.8 Å². The number of hydrogen-bond acceptors (Lipinski definition) is 4. The van der Waals surface area contributed by atoms with E-state index >= 15 is 0 Å². The van der Waals surface area contributed by atoms with Crippen LogP contribution in [0.2, 0.25) is 0 Å². The smallest absolute Gasteiger partial charge is 0.449 e. The molecule has 98 valence electrons. The highest BCUT2D eigenvalue weighted by molar-refractivity contribution is 5.75. The molecule has 0 aliphatic heterocycles. The molecule has 1 aliphatic carbocycles. The van der Waals surface area contributed by atoms with E-state index in [1.807, 2.05) is 0 Å². The second-order valence-corrected chi connectivity index (χ2v) is 5.10. The Morgan fingerprint density at radius 3 is 2.47 bits per heavy atom. The van der Waals surface area contributed by atoms with Crippen LogP contribution in [0.4, 0.5) is 9.59 Å². The first kappa shape index (κ1) is 13.8. The molecule has 3 atom stereocenters. The van der Waals surface area contributed by atoms with Crippen LogP contribution in [0.3, 0.4) is 0 Å². The van der Waals surface area contributed by atoms with E-state index in [-0.39, 0.29) is 12.0 Å². The monoisotopic (exact) mass is 244 g/mol. The Bertz CT molecular complexity index is 287. The van der Waals surface area contributed by atoms with E-state index in [0.717, 1.165) is 19.3 Å². The molecule has 0 aromatic carbocycles. The molecule has 1 N–H and O–H groups in total. The average Bonchev–Trinajstić information content (AvgIpc) is 2.15. The summed E-state index contributed by atoms with van der Waals surface area (Å²) in [5.41, 5.74) is 0. The van der Waals surface area contributed by atoms with Gasteiger partial charge in [-0.1, -0.05) is 27.2 Å². The maximum absolute atomic E-state index is 11.2. The first-order chi connectivity index (χ1) is 7.90. The molecule has 1 aliphatic rings. The van der Waals surface area contributed by atoms with Gasteiger partial charge in [-0.05, 0) is 30.6 Å². The molecular weight excluding hydrogens is 224 g/mol. The second kappa shape index (κ2) is 5.89. The molecule has 0 heterocycles. The molecule has 5 nitrogen and oxygen atoms in total. The van der Waals surface area contributed by atoms with Gasteiger partial charge in [0.15, 0.2) is 0 Å². The lowest BCUT2D eigenvalue weighted by molar-refractivity contribution is -0.0257. The molecule has 0 amide bonds. The molecule has 0 aromatic heterocycles. The van der Waals surface area contributed by atoms with Crippen molar-refractivity contribution in [3.63, 3.8) is 0 Å². The number of ether oxygens (including phenoxy) is 2. The third kappa shape index (κ3) is 4.24. The minimum Gasteiger partial charge on any atom is -0.449 e. The quantitative estimate of drug-likeness (QED) is 0.596. The molecule has 0 radical (unpaired) electrons. The van der Waals surface area contributed by atoms with Gasteiger partial charge < -0.3 is 14.6 Å². The van der Waals surface area contributed by atoms with Gasteiger partial charge in [0.2, 0.25) is 0 Å². The summed E-state index contributed by atoms with van der Waals surface area (Å²) in [4.78, 5) is 21.4. The van der Waals surface area contributed by atoms with Gasteiger partial charge in [0.1, 0.15) is 6.10 Å². The molecule has 1 saturated carbocycles. The van der Waals surface area contributed by atoms with Crippen LogP contribution in [0.5, 0.6) is 0 Å². The van der Waals surface area contributed by atoms with Gasteiger partial charge in [0, 0.05) is 0 Å². The summed E-state index contributed by atoms with van der Waals surface area (Å²) in [7, 11) is 0. The lowest BCUT2D eigenvalue weighted by Crippen LogP contribution is -2.36. The van der Waals surface area contributed by atoms with Crippen molar-refractivity contribution in [1.82, 2.24) is 0 Å². The van der Waals surface area contributed by atoms with E-state index < -0.39 is 12.3 Å². The summed E-state index contributed by atoms with van der Waals surface area (Å²) in [5.74, 6) is 1.19. The zero-order chi connectivity index (χ0) is 13.0. The highest BCUT2D eigenvalue weighted by atomic mass is 16.8. The Labute approximate surface area is 101 Å². The molecular formula is C12H20O5. The largest absolute Gasteiger partial charge is 0.518 e. The number of carboxylic acid groups (broad SMARTS) is 1. The zero-order valence-corrected chi connectivity index (χ0v) is 10.5. The van der Waals surface area contributed by atoms with Crippen molar-refractivity contribution < 1.29 is 24.2 Å². The first-order valence-electron chi connectivity index (χ1n) is 6.01. The molecule has 17 heavy (non-hydrogen) atoms. The molecule has 3 unspecified atom stereocenters. The van der Waals surface area contributed by atoms with Crippen molar-refractivity contribution in [1.29, 1.82) is 0 Å². The SMILES string of the molecule is CC1CCC(C(C)C)C(OC(=O)OC(=O)O)C1. The maximum Gasteiger partial charge on any atom is 0.518 e. The fraction of sp³-hybridized carbons (Fsp3) is 0.833. The fourth-order valence-corrected chi connectivity index (χ4v) is 2.47. The maximum atomic E-state index is 11.2. The topological polar surface area (TPSA) is 72.8 Å². The van der Waals surface area contributed by atoms with E-state index in [1.54, 1.807) is 0 Å². The molecule has 0 saturated heterocycles. The van der Waals surface area contributed by atoms with Gasteiger partial charge in [0.05, 0.1) is 0 Å². The molecule has 1 rings (SSSR count). The minimum absolute atomic E-state index is 0.231. The van der Waals surface area contributed by atoms with Crippen LogP contribution < -0.4 is 0 Å². The second-order valence-electron chi connectivity index (χ2n) is 5.10. The highest BCUT2D eigenvalue weighted by Crippen LogP contribution is 2.35. The van der Waals surface area contributed by atoms with Crippen LogP contribution in [0.25, 0.3) is 0 Å². The minimum atomic E-state index is -1.63. The summed E-state index contributed by atoms with van der Waals surface area (Å²) in [6.45, 7) is 6.27. The van der Waals surface area contributed by atoms with E-state index in [9.17, 15) is 9.59 Å². The van der Waals surface area contributed by atoms with Crippen LogP contribution in [0.1, 0.15) is 40.0 Å². The summed E-state index contributed by atoms with van der Waals surface area (Å²) in [5, 5.41) is 8.32. The molecule has 0 spiro atoms. The van der Waals surface area contributed by atoms with Crippen LogP contribution in [0.15, 0.2) is 0 Å². The standard InChI is InChI=1S/C12H20O5/c1-7(2)9-5-4-8(3)6-10(9)16-12(15)17-11(13)14/h7-10H,4-6H2,1-3H3,(H,13,14). The number of hydrogen-bond donors (Lipinski definition) is 1. The Kier molecular flexibility index (Phi) is 4.78. The van der Waals surface area contributed by atoms with Crippen LogP contribution in [-0.2, 0) is 9.47 Å². The number of rotatable bonds is 2. The van der Waals surface area contributed by atoms with Crippen LogP contribution in [-0.4, -0.2) is 23.5 Å². The van der Waals surface area contributed by atoms with Gasteiger partial charge >= 0.3 is 12.3 Å². The highest BCUT2D eigenvalue weighted by Gasteiger charge is 2.34. The van der Waals surface area contributed by atoms with Crippen molar-refractivity contribution in [2.24, 2.45) is 17.8 Å². The normalized spacial score (nSPS) is 28.8. The number of carbonyl (C=O) groups excluding carboxylic acids is 1. The lowest BCUT2D eigenvalue weighted by Gasteiger charge is -2.36. The molecule has 0 aromatic rings. The van der Waals surface area contributed by atoms with E-state index in [1.165, 1.54) is 0 Å². The third-order valence-electron chi connectivity index (χ3n) is 3.38. The van der Waals surface area contributed by atoms with Crippen molar-refractivity contribution >= 4 is 12.3 Å². The molecule has 0 bridgehead atoms. The molecule has 5 heteroatoms. The van der Waals surface area contributed by atoms with Gasteiger partial charge in [-0.3, -0.25) is 0 Å². The molecule has 1 fully saturated rings. The van der Waals surface area contributed by atoms with E-state index in [2.05, 4.69) is 25.5 Å². The van der Waals surface area contributed by atoms with Gasteiger partial charge in [-0.15, -0.1) is 0 Å². The average molecular weight is 244 g/mol. The van der Waals surface area contributed by atoms with E-state index in [4.69, 9.17) is 9.84 Å². The Morgan fingerprint density at radius 1 is 1.29 bits per heavy atom. The summed E-state index contributed by atoms with van der Waals surface area (Å²) < 4.78 is 9.08. The fourth-order valence-electron chi connectivity index (χ4n) is 2.47. The Balaban J connectivity index is 2.57. The van der Waals surface area contributed by atoms with Gasteiger partial charge in [0.25, 0.3) is 0 Å².